The van der Waals surface area contributed by atoms with Gasteiger partial charge in [-0.2, -0.15) is 0 Å². The Labute approximate surface area is 95.8 Å². The van der Waals surface area contributed by atoms with Crippen molar-refractivity contribution in [1.82, 2.24) is 5.32 Å². The molecule has 1 rings (SSSR count). The first kappa shape index (κ1) is 11.8. The number of nitrogens with one attached hydrogen (secondary N) is 2. The molecular formula is C11H16N2OS. The third kappa shape index (κ3) is 4.16. The van der Waals surface area contributed by atoms with E-state index in [4.69, 9.17) is 17.0 Å². The summed E-state index contributed by atoms with van der Waals surface area (Å²) in [6.45, 7) is 4.00. The van der Waals surface area contributed by atoms with Gasteiger partial charge in [0.2, 0.25) is 0 Å². The van der Waals surface area contributed by atoms with Gasteiger partial charge < -0.3 is 15.4 Å². The van der Waals surface area contributed by atoms with Crippen molar-refractivity contribution in [2.75, 3.05) is 12.4 Å². The molecule has 82 valence electrons. The van der Waals surface area contributed by atoms with Gasteiger partial charge in [0, 0.05) is 18.8 Å². The average molecular weight is 224 g/mol. The predicted molar refractivity (Wildman–Crippen MR) is 67.5 cm³/mol. The monoisotopic (exact) mass is 224 g/mol. The fourth-order valence-corrected chi connectivity index (χ4v) is 1.23. The summed E-state index contributed by atoms with van der Waals surface area (Å²) >= 11 is 5.01. The topological polar surface area (TPSA) is 33.3 Å². The summed E-state index contributed by atoms with van der Waals surface area (Å²) in [5, 5.41) is 6.49. The van der Waals surface area contributed by atoms with Gasteiger partial charge in [-0.05, 0) is 38.2 Å². The van der Waals surface area contributed by atoms with E-state index in [1.807, 2.05) is 38.1 Å². The Bertz CT molecular complexity index is 339. The lowest BCUT2D eigenvalue weighted by molar-refractivity contribution is 0.242. The molecule has 2 N–H and O–H groups in total. The summed E-state index contributed by atoms with van der Waals surface area (Å²) in [4.78, 5) is 0. The molecular weight excluding hydrogens is 208 g/mol. The predicted octanol–water partition coefficient (Wildman–Crippen LogP) is 2.39. The van der Waals surface area contributed by atoms with Gasteiger partial charge in [0.05, 0.1) is 6.10 Å². The van der Waals surface area contributed by atoms with E-state index in [2.05, 4.69) is 10.6 Å². The van der Waals surface area contributed by atoms with Crippen LogP contribution in [0.25, 0.3) is 0 Å². The van der Waals surface area contributed by atoms with Crippen LogP contribution >= 0.6 is 12.2 Å². The molecule has 3 nitrogen and oxygen atoms in total. The van der Waals surface area contributed by atoms with Crippen LogP contribution in [0.15, 0.2) is 24.3 Å². The highest BCUT2D eigenvalue weighted by atomic mass is 32.1. The molecule has 0 bridgehead atoms. The first-order valence-corrected chi connectivity index (χ1v) is 5.28. The molecule has 1 aromatic rings. The molecule has 0 aliphatic carbocycles. The third-order valence-corrected chi connectivity index (χ3v) is 2.00. The number of ether oxygens (including phenoxy) is 1. The Morgan fingerprint density at radius 2 is 2.13 bits per heavy atom. The minimum atomic E-state index is 0.177. The van der Waals surface area contributed by atoms with Crippen molar-refractivity contribution < 1.29 is 4.74 Å². The minimum absolute atomic E-state index is 0.177. The van der Waals surface area contributed by atoms with Crippen molar-refractivity contribution >= 4 is 23.0 Å². The van der Waals surface area contributed by atoms with Crippen LogP contribution in [0, 0.1) is 0 Å². The van der Waals surface area contributed by atoms with Crippen LogP contribution < -0.4 is 15.4 Å². The van der Waals surface area contributed by atoms with Gasteiger partial charge in [-0.1, -0.05) is 6.07 Å². The normalized spacial score (nSPS) is 9.87. The lowest BCUT2D eigenvalue weighted by Crippen LogP contribution is -2.24. The first-order valence-electron chi connectivity index (χ1n) is 4.87. The molecule has 15 heavy (non-hydrogen) atoms. The highest BCUT2D eigenvalue weighted by molar-refractivity contribution is 7.80. The molecule has 4 heteroatoms. The van der Waals surface area contributed by atoms with E-state index >= 15 is 0 Å². The molecule has 0 saturated carbocycles. The number of hydrogen-bond acceptors (Lipinski definition) is 2. The maximum Gasteiger partial charge on any atom is 0.170 e. The Kier molecular flexibility index (Phi) is 4.37. The molecule has 0 atom stereocenters. The number of benzene rings is 1. The van der Waals surface area contributed by atoms with Crippen LogP contribution in [0.5, 0.6) is 5.75 Å². The largest absolute Gasteiger partial charge is 0.491 e. The van der Waals surface area contributed by atoms with Gasteiger partial charge >= 0.3 is 0 Å². The summed E-state index contributed by atoms with van der Waals surface area (Å²) < 4.78 is 5.57. The van der Waals surface area contributed by atoms with Crippen molar-refractivity contribution in [1.29, 1.82) is 0 Å². The van der Waals surface area contributed by atoms with E-state index in [0.717, 1.165) is 11.4 Å². The molecule has 0 fully saturated rings. The zero-order valence-electron chi connectivity index (χ0n) is 9.20. The minimum Gasteiger partial charge on any atom is -0.491 e. The second kappa shape index (κ2) is 5.56. The van der Waals surface area contributed by atoms with Gasteiger partial charge in [0.15, 0.2) is 5.11 Å². The van der Waals surface area contributed by atoms with Gasteiger partial charge in [0.1, 0.15) is 5.75 Å². The fraction of sp³-hybridized carbons (Fsp3) is 0.364. The molecule has 1 aromatic carbocycles. The molecule has 0 aliphatic rings. The van der Waals surface area contributed by atoms with Gasteiger partial charge in [0.25, 0.3) is 0 Å². The van der Waals surface area contributed by atoms with E-state index < -0.39 is 0 Å². The van der Waals surface area contributed by atoms with Crippen LogP contribution in [-0.4, -0.2) is 18.3 Å². The Hall–Kier alpha value is -1.29. The van der Waals surface area contributed by atoms with Crippen LogP contribution in [0.2, 0.25) is 0 Å². The standard InChI is InChI=1S/C11H16N2OS/c1-8(2)14-10-6-4-5-9(7-10)13-11(15)12-3/h4-8H,1-3H3,(H2,12,13,15). The smallest absolute Gasteiger partial charge is 0.170 e. The van der Waals surface area contributed by atoms with Crippen LogP contribution in [0.1, 0.15) is 13.8 Å². The highest BCUT2D eigenvalue weighted by Gasteiger charge is 2.00. The van der Waals surface area contributed by atoms with Crippen molar-refractivity contribution in [3.05, 3.63) is 24.3 Å². The second-order valence-electron chi connectivity index (χ2n) is 3.40. The third-order valence-electron chi connectivity index (χ3n) is 1.69. The lowest BCUT2D eigenvalue weighted by Gasteiger charge is -2.12. The number of anilines is 1. The SMILES string of the molecule is CNC(=S)Nc1cccc(OC(C)C)c1. The molecule has 0 heterocycles. The summed E-state index contributed by atoms with van der Waals surface area (Å²) in [5.74, 6) is 0.842. The molecule has 0 unspecified atom stereocenters. The van der Waals surface area contributed by atoms with Gasteiger partial charge in [-0.25, -0.2) is 0 Å². The quantitative estimate of drug-likeness (QED) is 0.772. The molecule has 0 radical (unpaired) electrons. The summed E-state index contributed by atoms with van der Waals surface area (Å²) in [5.41, 5.74) is 0.924. The fourth-order valence-electron chi connectivity index (χ4n) is 1.11. The summed E-state index contributed by atoms with van der Waals surface area (Å²) in [6.07, 6.45) is 0.177. The zero-order valence-corrected chi connectivity index (χ0v) is 10.0. The van der Waals surface area contributed by atoms with Crippen molar-refractivity contribution in [2.24, 2.45) is 0 Å². The van der Waals surface area contributed by atoms with E-state index in [0.29, 0.717) is 5.11 Å². The van der Waals surface area contributed by atoms with Crippen molar-refractivity contribution in [3.8, 4) is 5.75 Å². The lowest BCUT2D eigenvalue weighted by atomic mass is 10.3. The average Bonchev–Trinajstić information content (AvgIpc) is 2.17. The van der Waals surface area contributed by atoms with Crippen molar-refractivity contribution in [3.63, 3.8) is 0 Å². The molecule has 0 spiro atoms. The number of thiocarbonyl (C=S) groups is 1. The molecule has 0 aromatic heterocycles. The Balaban J connectivity index is 2.69. The van der Waals surface area contributed by atoms with Gasteiger partial charge in [-0.3, -0.25) is 0 Å². The highest BCUT2D eigenvalue weighted by Crippen LogP contribution is 2.18. The number of rotatable bonds is 3. The van der Waals surface area contributed by atoms with E-state index in [9.17, 15) is 0 Å². The molecule has 0 aliphatic heterocycles. The van der Waals surface area contributed by atoms with E-state index in [1.54, 1.807) is 7.05 Å². The Morgan fingerprint density at radius 1 is 1.40 bits per heavy atom. The first-order chi connectivity index (χ1) is 7.11. The maximum atomic E-state index is 5.57. The second-order valence-corrected chi connectivity index (χ2v) is 3.81. The number of hydrogen-bond donors (Lipinski definition) is 2. The zero-order chi connectivity index (χ0) is 11.3. The summed E-state index contributed by atoms with van der Waals surface area (Å²) in [7, 11) is 1.78. The van der Waals surface area contributed by atoms with Crippen LogP contribution in [0.3, 0.4) is 0 Å². The molecule has 0 amide bonds. The van der Waals surface area contributed by atoms with Gasteiger partial charge in [-0.15, -0.1) is 0 Å². The van der Waals surface area contributed by atoms with E-state index in [1.165, 1.54) is 0 Å². The molecule has 0 saturated heterocycles. The van der Waals surface area contributed by atoms with E-state index in [-0.39, 0.29) is 6.10 Å². The summed E-state index contributed by atoms with van der Waals surface area (Å²) in [6, 6.07) is 7.71. The van der Waals surface area contributed by atoms with Crippen LogP contribution in [-0.2, 0) is 0 Å². The van der Waals surface area contributed by atoms with Crippen LogP contribution in [0.4, 0.5) is 5.69 Å². The maximum absolute atomic E-state index is 5.57. The Morgan fingerprint density at radius 3 is 2.73 bits per heavy atom. The van der Waals surface area contributed by atoms with Crippen molar-refractivity contribution in [2.45, 2.75) is 20.0 Å².